The lowest BCUT2D eigenvalue weighted by Crippen LogP contribution is -2.26. The number of carbonyl (C=O) groups excluding carboxylic acids is 1. The van der Waals surface area contributed by atoms with Crippen LogP contribution < -0.4 is 11.1 Å². The van der Waals surface area contributed by atoms with Gasteiger partial charge in [-0.1, -0.05) is 22.0 Å². The van der Waals surface area contributed by atoms with Gasteiger partial charge in [-0.15, -0.1) is 11.3 Å². The standard InChI is InChI=1S/C13H13BrN2OS/c1-8(12-3-2-6-18-12)16-13(17)10-5-4-9(14)7-11(10)15/h2-8H,15H2,1H3,(H,16,17). The molecule has 18 heavy (non-hydrogen) atoms. The number of nitrogens with one attached hydrogen (secondary N) is 1. The summed E-state index contributed by atoms with van der Waals surface area (Å²) in [5.41, 5.74) is 6.80. The lowest BCUT2D eigenvalue weighted by atomic mass is 10.1. The van der Waals surface area contributed by atoms with Gasteiger partial charge < -0.3 is 11.1 Å². The molecule has 0 bridgehead atoms. The van der Waals surface area contributed by atoms with Crippen molar-refractivity contribution >= 4 is 38.9 Å². The van der Waals surface area contributed by atoms with Crippen LogP contribution >= 0.6 is 27.3 Å². The van der Waals surface area contributed by atoms with Crippen molar-refractivity contribution in [2.45, 2.75) is 13.0 Å². The molecule has 1 aromatic heterocycles. The number of nitrogens with two attached hydrogens (primary N) is 1. The van der Waals surface area contributed by atoms with E-state index in [1.165, 1.54) is 0 Å². The van der Waals surface area contributed by atoms with Crippen molar-refractivity contribution in [2.75, 3.05) is 5.73 Å². The minimum Gasteiger partial charge on any atom is -0.398 e. The Bertz CT molecular complexity index is 554. The van der Waals surface area contributed by atoms with Crippen molar-refractivity contribution in [1.82, 2.24) is 5.32 Å². The van der Waals surface area contributed by atoms with Gasteiger partial charge in [-0.2, -0.15) is 0 Å². The minimum atomic E-state index is -0.152. The molecule has 3 N–H and O–H groups in total. The summed E-state index contributed by atoms with van der Waals surface area (Å²) in [6, 6.07) is 9.21. The highest BCUT2D eigenvalue weighted by molar-refractivity contribution is 9.10. The number of carbonyl (C=O) groups is 1. The zero-order chi connectivity index (χ0) is 13.1. The van der Waals surface area contributed by atoms with E-state index < -0.39 is 0 Å². The second-order valence-corrected chi connectivity index (χ2v) is 5.84. The Morgan fingerprint density at radius 3 is 2.83 bits per heavy atom. The smallest absolute Gasteiger partial charge is 0.253 e. The molecule has 0 aliphatic heterocycles. The number of amides is 1. The molecule has 1 atom stereocenters. The maximum absolute atomic E-state index is 12.1. The first-order chi connectivity index (χ1) is 8.58. The zero-order valence-electron chi connectivity index (χ0n) is 9.81. The van der Waals surface area contributed by atoms with E-state index in [2.05, 4.69) is 21.2 Å². The van der Waals surface area contributed by atoms with Crippen LogP contribution in [0.5, 0.6) is 0 Å². The summed E-state index contributed by atoms with van der Waals surface area (Å²) in [7, 11) is 0. The van der Waals surface area contributed by atoms with Crippen LogP contribution in [0.4, 0.5) is 5.69 Å². The third-order valence-electron chi connectivity index (χ3n) is 2.58. The number of benzene rings is 1. The van der Waals surface area contributed by atoms with E-state index in [4.69, 9.17) is 5.73 Å². The molecule has 2 aromatic rings. The van der Waals surface area contributed by atoms with Crippen molar-refractivity contribution in [3.63, 3.8) is 0 Å². The first-order valence-electron chi connectivity index (χ1n) is 5.47. The van der Waals surface area contributed by atoms with Gasteiger partial charge in [0, 0.05) is 15.0 Å². The molecule has 1 aromatic carbocycles. The molecule has 0 saturated carbocycles. The van der Waals surface area contributed by atoms with Gasteiger partial charge in [0.25, 0.3) is 5.91 Å². The molecule has 0 radical (unpaired) electrons. The van der Waals surface area contributed by atoms with Crippen LogP contribution in [0.1, 0.15) is 28.2 Å². The van der Waals surface area contributed by atoms with Crippen LogP contribution in [-0.4, -0.2) is 5.91 Å². The zero-order valence-corrected chi connectivity index (χ0v) is 12.2. The van der Waals surface area contributed by atoms with Gasteiger partial charge in [-0.25, -0.2) is 0 Å². The van der Waals surface area contributed by atoms with Crippen molar-refractivity contribution in [3.05, 3.63) is 50.6 Å². The predicted octanol–water partition coefficient (Wildman–Crippen LogP) is 3.58. The molecule has 0 saturated heterocycles. The van der Waals surface area contributed by atoms with Gasteiger partial charge in [0.05, 0.1) is 11.6 Å². The van der Waals surface area contributed by atoms with Crippen molar-refractivity contribution < 1.29 is 4.79 Å². The Morgan fingerprint density at radius 1 is 1.44 bits per heavy atom. The molecule has 0 spiro atoms. The van der Waals surface area contributed by atoms with E-state index in [0.29, 0.717) is 11.3 Å². The van der Waals surface area contributed by atoms with E-state index in [1.54, 1.807) is 29.5 Å². The first kappa shape index (κ1) is 13.1. The number of nitrogen functional groups attached to an aromatic ring is 1. The molecule has 0 aliphatic rings. The summed E-state index contributed by atoms with van der Waals surface area (Å²) < 4.78 is 0.864. The van der Waals surface area contributed by atoms with Gasteiger partial charge in [-0.05, 0) is 36.6 Å². The van der Waals surface area contributed by atoms with Crippen LogP contribution in [0.15, 0.2) is 40.2 Å². The predicted molar refractivity (Wildman–Crippen MR) is 78.8 cm³/mol. The maximum Gasteiger partial charge on any atom is 0.253 e. The number of rotatable bonds is 3. The monoisotopic (exact) mass is 324 g/mol. The van der Waals surface area contributed by atoms with Crippen LogP contribution in [0.3, 0.4) is 0 Å². The fraction of sp³-hybridized carbons (Fsp3) is 0.154. The third kappa shape index (κ3) is 2.91. The fourth-order valence-corrected chi connectivity index (χ4v) is 2.74. The van der Waals surface area contributed by atoms with Gasteiger partial charge in [0.15, 0.2) is 0 Å². The van der Waals surface area contributed by atoms with Gasteiger partial charge in [-0.3, -0.25) is 4.79 Å². The number of hydrogen-bond donors (Lipinski definition) is 2. The van der Waals surface area contributed by atoms with Crippen molar-refractivity contribution in [3.8, 4) is 0 Å². The number of hydrogen-bond acceptors (Lipinski definition) is 3. The summed E-state index contributed by atoms with van der Waals surface area (Å²) in [6.07, 6.45) is 0. The quantitative estimate of drug-likeness (QED) is 0.848. The average molecular weight is 325 g/mol. The SMILES string of the molecule is CC(NC(=O)c1ccc(Br)cc1N)c1cccs1. The largest absolute Gasteiger partial charge is 0.398 e. The van der Waals surface area contributed by atoms with Crippen LogP contribution in [0, 0.1) is 0 Å². The Morgan fingerprint density at radius 2 is 2.22 bits per heavy atom. The highest BCUT2D eigenvalue weighted by Gasteiger charge is 2.14. The molecular weight excluding hydrogens is 312 g/mol. The second kappa shape index (κ2) is 5.54. The second-order valence-electron chi connectivity index (χ2n) is 3.94. The number of halogens is 1. The highest BCUT2D eigenvalue weighted by atomic mass is 79.9. The van der Waals surface area contributed by atoms with Crippen LogP contribution in [0.25, 0.3) is 0 Å². The average Bonchev–Trinajstić information content (AvgIpc) is 2.81. The van der Waals surface area contributed by atoms with Gasteiger partial charge in [0.2, 0.25) is 0 Å². The highest BCUT2D eigenvalue weighted by Crippen LogP contribution is 2.21. The molecule has 5 heteroatoms. The lowest BCUT2D eigenvalue weighted by Gasteiger charge is -2.13. The van der Waals surface area contributed by atoms with Crippen LogP contribution in [-0.2, 0) is 0 Å². The molecule has 1 unspecified atom stereocenters. The Labute approximate surface area is 118 Å². The van der Waals surface area contributed by atoms with Crippen LogP contribution in [0.2, 0.25) is 0 Å². The maximum atomic E-state index is 12.1. The van der Waals surface area contributed by atoms with Gasteiger partial charge >= 0.3 is 0 Å². The van der Waals surface area contributed by atoms with E-state index in [-0.39, 0.29) is 11.9 Å². The summed E-state index contributed by atoms with van der Waals surface area (Å²) in [4.78, 5) is 13.2. The Balaban J connectivity index is 2.12. The Kier molecular flexibility index (Phi) is 4.04. The normalized spacial score (nSPS) is 12.1. The topological polar surface area (TPSA) is 55.1 Å². The molecule has 2 rings (SSSR count). The molecular formula is C13H13BrN2OS. The summed E-state index contributed by atoms with van der Waals surface area (Å²) in [5.74, 6) is -0.152. The number of thiophene rings is 1. The van der Waals surface area contributed by atoms with Crippen molar-refractivity contribution in [1.29, 1.82) is 0 Å². The molecule has 0 aliphatic carbocycles. The molecule has 3 nitrogen and oxygen atoms in total. The molecule has 1 heterocycles. The minimum absolute atomic E-state index is 0.0134. The van der Waals surface area contributed by atoms with Crippen molar-refractivity contribution in [2.24, 2.45) is 0 Å². The fourth-order valence-electron chi connectivity index (χ4n) is 1.62. The number of anilines is 1. The lowest BCUT2D eigenvalue weighted by molar-refractivity contribution is 0.0941. The summed E-state index contributed by atoms with van der Waals surface area (Å²) in [6.45, 7) is 1.96. The van der Waals surface area contributed by atoms with E-state index >= 15 is 0 Å². The van der Waals surface area contributed by atoms with E-state index in [9.17, 15) is 4.79 Å². The van der Waals surface area contributed by atoms with E-state index in [0.717, 1.165) is 9.35 Å². The van der Waals surface area contributed by atoms with E-state index in [1.807, 2.05) is 24.4 Å². The molecule has 94 valence electrons. The Hall–Kier alpha value is -1.33. The summed E-state index contributed by atoms with van der Waals surface area (Å²) >= 11 is 4.94. The first-order valence-corrected chi connectivity index (χ1v) is 7.14. The van der Waals surface area contributed by atoms with Gasteiger partial charge in [0.1, 0.15) is 0 Å². The summed E-state index contributed by atoms with van der Waals surface area (Å²) in [5, 5.41) is 4.93. The molecule has 1 amide bonds. The third-order valence-corrected chi connectivity index (χ3v) is 4.12. The molecule has 0 fully saturated rings.